The first-order valence-electron chi connectivity index (χ1n) is 41.8. The predicted molar refractivity (Wildman–Crippen MR) is 403 cm³/mol. The van der Waals surface area contributed by atoms with Crippen LogP contribution in [0.4, 0.5) is 0 Å². The van der Waals surface area contributed by atoms with Crippen LogP contribution >= 0.6 is 0 Å². The fraction of sp³-hybridized carbons (Fsp3) is 0.906. The molecule has 0 aromatic carbocycles. The zero-order valence-electron chi connectivity index (χ0n) is 61.9. The molecule has 91 heavy (non-hydrogen) atoms. The number of esters is 1. The van der Waals surface area contributed by atoms with Crippen LogP contribution in [-0.2, 0) is 14.3 Å². The number of aliphatic hydroxyl groups is 2. The van der Waals surface area contributed by atoms with Crippen LogP contribution in [0.15, 0.2) is 36.5 Å². The number of amides is 1. The van der Waals surface area contributed by atoms with E-state index in [0.717, 1.165) is 44.9 Å². The molecule has 0 spiro atoms. The van der Waals surface area contributed by atoms with Crippen LogP contribution in [0.5, 0.6) is 0 Å². The molecule has 0 fully saturated rings. The van der Waals surface area contributed by atoms with Gasteiger partial charge in [-0.15, -0.1) is 0 Å². The number of carbonyl (C=O) groups excluding carboxylic acids is 2. The Hall–Kier alpha value is -1.92. The van der Waals surface area contributed by atoms with E-state index in [0.29, 0.717) is 19.4 Å². The quantitative estimate of drug-likeness (QED) is 0.0320. The van der Waals surface area contributed by atoms with Crippen molar-refractivity contribution < 1.29 is 24.5 Å². The van der Waals surface area contributed by atoms with Crippen molar-refractivity contribution in [2.45, 2.75) is 482 Å². The minimum atomic E-state index is -0.844. The number of allylic oxidation sites excluding steroid dienone is 5. The SMILES string of the molecule is CCCCCCCCCCCCCCCCCCCCCCCCC/C=C/C(O)C(CO)NC(=O)CCCCCCCCCCCCCCCCCCC/C=C\C/C=C\CCCCCCCCCCCCCCCOC(=O)CCCCCCCCCCCCCC. The van der Waals surface area contributed by atoms with E-state index in [1.807, 2.05) is 6.08 Å². The van der Waals surface area contributed by atoms with Gasteiger partial charge in [-0.3, -0.25) is 9.59 Å². The second-order valence-corrected chi connectivity index (χ2v) is 28.8. The summed E-state index contributed by atoms with van der Waals surface area (Å²) in [5, 5.41) is 23.3. The molecule has 0 bridgehead atoms. The van der Waals surface area contributed by atoms with Gasteiger partial charge in [0.25, 0.3) is 0 Å². The van der Waals surface area contributed by atoms with Crippen LogP contribution < -0.4 is 5.32 Å². The maximum Gasteiger partial charge on any atom is 0.305 e. The average Bonchev–Trinajstić information content (AvgIpc) is 3.76. The number of nitrogens with one attached hydrogen (secondary N) is 1. The summed E-state index contributed by atoms with van der Waals surface area (Å²) in [5.74, 6) is -0.0398. The van der Waals surface area contributed by atoms with Crippen LogP contribution in [0, 0.1) is 0 Å². The number of hydrogen-bond donors (Lipinski definition) is 3. The molecule has 0 aliphatic rings. The molecule has 0 aromatic heterocycles. The van der Waals surface area contributed by atoms with Gasteiger partial charge < -0.3 is 20.3 Å². The van der Waals surface area contributed by atoms with E-state index in [-0.39, 0.29) is 18.5 Å². The Balaban J connectivity index is 3.39. The van der Waals surface area contributed by atoms with Gasteiger partial charge in [0.2, 0.25) is 5.91 Å². The molecule has 538 valence electrons. The molecule has 0 aromatic rings. The highest BCUT2D eigenvalue weighted by Crippen LogP contribution is 2.20. The lowest BCUT2D eigenvalue weighted by Gasteiger charge is -2.20. The number of carbonyl (C=O) groups is 2. The van der Waals surface area contributed by atoms with Crippen molar-refractivity contribution in [3.05, 3.63) is 36.5 Å². The molecule has 0 rings (SSSR count). The van der Waals surface area contributed by atoms with Gasteiger partial charge >= 0.3 is 5.97 Å². The monoisotopic (exact) mass is 1280 g/mol. The molecule has 6 nitrogen and oxygen atoms in total. The lowest BCUT2D eigenvalue weighted by molar-refractivity contribution is -0.143. The lowest BCUT2D eigenvalue weighted by atomic mass is 10.0. The molecule has 0 aliphatic carbocycles. The molecule has 2 atom stereocenters. The minimum absolute atomic E-state index is 0.0200. The van der Waals surface area contributed by atoms with E-state index >= 15 is 0 Å². The van der Waals surface area contributed by atoms with Gasteiger partial charge in [-0.25, -0.2) is 0 Å². The predicted octanol–water partition coefficient (Wildman–Crippen LogP) is 27.8. The zero-order chi connectivity index (χ0) is 65.6. The number of aliphatic hydroxyl groups excluding tert-OH is 2. The van der Waals surface area contributed by atoms with Gasteiger partial charge in [-0.1, -0.05) is 429 Å². The highest BCUT2D eigenvalue weighted by Gasteiger charge is 2.18. The topological polar surface area (TPSA) is 95.9 Å². The number of rotatable bonds is 79. The van der Waals surface area contributed by atoms with E-state index in [9.17, 15) is 19.8 Å². The van der Waals surface area contributed by atoms with Crippen LogP contribution in [-0.4, -0.2) is 47.4 Å². The molecule has 0 saturated carbocycles. The summed E-state index contributed by atoms with van der Waals surface area (Å²) in [6.45, 7) is 4.96. The molecular formula is C85H163NO5. The van der Waals surface area contributed by atoms with Crippen molar-refractivity contribution in [2.75, 3.05) is 13.2 Å². The van der Waals surface area contributed by atoms with Gasteiger partial charge in [-0.05, 0) is 64.2 Å². The highest BCUT2D eigenvalue weighted by atomic mass is 16.5. The largest absolute Gasteiger partial charge is 0.466 e. The first kappa shape index (κ1) is 89.1. The van der Waals surface area contributed by atoms with Crippen LogP contribution in [0.3, 0.4) is 0 Å². The first-order valence-corrected chi connectivity index (χ1v) is 41.8. The maximum absolute atomic E-state index is 12.6. The van der Waals surface area contributed by atoms with Crippen LogP contribution in [0.25, 0.3) is 0 Å². The number of ether oxygens (including phenoxy) is 1. The summed E-state index contributed by atoms with van der Waals surface area (Å²) in [5.41, 5.74) is 0. The smallest absolute Gasteiger partial charge is 0.305 e. The van der Waals surface area contributed by atoms with Crippen molar-refractivity contribution >= 4 is 11.9 Å². The fourth-order valence-corrected chi connectivity index (χ4v) is 13.3. The average molecular weight is 1280 g/mol. The Kier molecular flexibility index (Phi) is 78.8. The van der Waals surface area contributed by atoms with Crippen molar-refractivity contribution in [3.63, 3.8) is 0 Å². The Morgan fingerprint density at radius 1 is 0.308 bits per heavy atom. The fourth-order valence-electron chi connectivity index (χ4n) is 13.3. The van der Waals surface area contributed by atoms with Crippen LogP contribution in [0.2, 0.25) is 0 Å². The summed E-state index contributed by atoms with van der Waals surface area (Å²) in [7, 11) is 0. The third-order valence-electron chi connectivity index (χ3n) is 19.7. The second kappa shape index (κ2) is 80.5. The van der Waals surface area contributed by atoms with Gasteiger partial charge in [0.1, 0.15) is 0 Å². The first-order chi connectivity index (χ1) is 45.0. The third-order valence-corrected chi connectivity index (χ3v) is 19.7. The highest BCUT2D eigenvalue weighted by molar-refractivity contribution is 5.76. The standard InChI is InChI=1S/C85H163NO5/c1-3-5-7-9-11-13-15-17-18-19-20-21-22-36-39-42-45-48-51-54-57-61-65-69-73-77-83(88)82(81-87)86-84(89)78-74-70-66-62-58-55-52-49-46-43-40-37-34-32-30-28-26-24-23-25-27-29-31-33-35-38-41-44-47-50-53-56-60-64-68-72-76-80-91-85(90)79-75-71-67-63-59-16-14-12-10-8-6-4-2/h23,25,29,31,73,77,82-83,87-88H,3-22,24,26-28,30,32-72,74-76,78-81H2,1-2H3,(H,86,89)/b25-23-,31-29-,77-73+. The van der Waals surface area contributed by atoms with E-state index in [1.165, 1.54) is 398 Å². The number of hydrogen-bond acceptors (Lipinski definition) is 5. The van der Waals surface area contributed by atoms with Gasteiger partial charge in [0.15, 0.2) is 0 Å². The molecule has 2 unspecified atom stereocenters. The van der Waals surface area contributed by atoms with Gasteiger partial charge in [0, 0.05) is 12.8 Å². The number of unbranched alkanes of at least 4 members (excludes halogenated alkanes) is 64. The van der Waals surface area contributed by atoms with Gasteiger partial charge in [-0.2, -0.15) is 0 Å². The van der Waals surface area contributed by atoms with E-state index in [4.69, 9.17) is 4.74 Å². The summed E-state index contributed by atoms with van der Waals surface area (Å²) >= 11 is 0. The normalized spacial score (nSPS) is 12.6. The Labute approximate surface area is 570 Å². The second-order valence-electron chi connectivity index (χ2n) is 28.8. The van der Waals surface area contributed by atoms with Crippen molar-refractivity contribution in [2.24, 2.45) is 0 Å². The van der Waals surface area contributed by atoms with Crippen molar-refractivity contribution in [1.29, 1.82) is 0 Å². The summed E-state index contributed by atoms with van der Waals surface area (Å²) in [6.07, 6.45) is 106. The molecule has 0 radical (unpaired) electrons. The summed E-state index contributed by atoms with van der Waals surface area (Å²) in [6, 6.07) is -0.628. The van der Waals surface area contributed by atoms with Gasteiger partial charge in [0.05, 0.1) is 25.4 Å². The summed E-state index contributed by atoms with van der Waals surface area (Å²) < 4.78 is 5.49. The Morgan fingerprint density at radius 3 is 0.835 bits per heavy atom. The third kappa shape index (κ3) is 77.0. The Morgan fingerprint density at radius 2 is 0.549 bits per heavy atom. The molecule has 6 heteroatoms. The molecule has 0 saturated heterocycles. The molecule has 0 aliphatic heterocycles. The van der Waals surface area contributed by atoms with Crippen molar-refractivity contribution in [3.8, 4) is 0 Å². The molecule has 0 heterocycles. The summed E-state index contributed by atoms with van der Waals surface area (Å²) in [4.78, 5) is 24.6. The van der Waals surface area contributed by atoms with E-state index in [1.54, 1.807) is 6.08 Å². The van der Waals surface area contributed by atoms with E-state index in [2.05, 4.69) is 43.5 Å². The van der Waals surface area contributed by atoms with Crippen LogP contribution in [0.1, 0.15) is 470 Å². The maximum atomic E-state index is 12.6. The van der Waals surface area contributed by atoms with Crippen molar-refractivity contribution in [1.82, 2.24) is 5.32 Å². The molecule has 3 N–H and O–H groups in total. The zero-order valence-corrected chi connectivity index (χ0v) is 61.9. The minimum Gasteiger partial charge on any atom is -0.466 e. The molecular weight excluding hydrogens is 1110 g/mol. The lowest BCUT2D eigenvalue weighted by Crippen LogP contribution is -2.45. The Bertz CT molecular complexity index is 1470. The van der Waals surface area contributed by atoms with E-state index < -0.39 is 12.1 Å². The molecule has 1 amide bonds.